The van der Waals surface area contributed by atoms with Crippen molar-refractivity contribution in [2.75, 3.05) is 13.2 Å². The van der Waals surface area contributed by atoms with Crippen molar-refractivity contribution in [3.63, 3.8) is 0 Å². The molecule has 0 bridgehead atoms. The van der Waals surface area contributed by atoms with Gasteiger partial charge in [-0.2, -0.15) is 0 Å². The summed E-state index contributed by atoms with van der Waals surface area (Å²) in [5, 5.41) is 6.34. The fraction of sp³-hybridized carbons (Fsp3) is 0.214. The van der Waals surface area contributed by atoms with Crippen LogP contribution >= 0.6 is 12.4 Å². The van der Waals surface area contributed by atoms with Crippen molar-refractivity contribution < 1.29 is 4.84 Å². The van der Waals surface area contributed by atoms with Gasteiger partial charge in [-0.3, -0.25) is 0 Å². The van der Waals surface area contributed by atoms with Crippen molar-refractivity contribution in [2.45, 2.75) is 6.42 Å². The highest BCUT2D eigenvalue weighted by atomic mass is 35.5. The summed E-state index contributed by atoms with van der Waals surface area (Å²) < 4.78 is 0. The molecule has 0 spiro atoms. The molecule has 96 valence electrons. The molecule has 2 aromatic carbocycles. The maximum absolute atomic E-state index is 5.36. The van der Waals surface area contributed by atoms with E-state index in [1.54, 1.807) is 6.21 Å². The van der Waals surface area contributed by atoms with Crippen LogP contribution in [0.1, 0.15) is 12.0 Å². The summed E-state index contributed by atoms with van der Waals surface area (Å²) in [5.41, 5.74) is 6.43. The molecular formula is C14H17ClN2O. The molecule has 2 rings (SSSR count). The number of hydrogen-bond donors (Lipinski definition) is 1. The topological polar surface area (TPSA) is 47.6 Å². The summed E-state index contributed by atoms with van der Waals surface area (Å²) in [4.78, 5) is 5.12. The number of benzene rings is 2. The second-order valence-corrected chi connectivity index (χ2v) is 3.78. The summed E-state index contributed by atoms with van der Waals surface area (Å²) in [5.74, 6) is 0. The Bertz CT molecular complexity index is 509. The highest BCUT2D eigenvalue weighted by Gasteiger charge is 1.96. The molecule has 2 N–H and O–H groups in total. The first-order chi connectivity index (χ1) is 8.42. The van der Waals surface area contributed by atoms with E-state index >= 15 is 0 Å². The molecule has 0 aliphatic carbocycles. The van der Waals surface area contributed by atoms with Crippen molar-refractivity contribution in [1.29, 1.82) is 0 Å². The van der Waals surface area contributed by atoms with E-state index in [0.29, 0.717) is 13.2 Å². The van der Waals surface area contributed by atoms with E-state index in [2.05, 4.69) is 23.4 Å². The average molecular weight is 265 g/mol. The van der Waals surface area contributed by atoms with Gasteiger partial charge in [-0.15, -0.1) is 12.4 Å². The van der Waals surface area contributed by atoms with Crippen LogP contribution in [0.15, 0.2) is 47.6 Å². The van der Waals surface area contributed by atoms with Gasteiger partial charge in [-0.1, -0.05) is 47.6 Å². The number of oxime groups is 1. The van der Waals surface area contributed by atoms with Crippen LogP contribution in [-0.2, 0) is 4.84 Å². The smallest absolute Gasteiger partial charge is 0.118 e. The Morgan fingerprint density at radius 2 is 1.89 bits per heavy atom. The molecule has 0 aliphatic rings. The number of nitrogens with two attached hydrogens (primary N) is 1. The lowest BCUT2D eigenvalue weighted by atomic mass is 10.1. The Kier molecular flexibility index (Phi) is 6.19. The number of halogens is 1. The second kappa shape index (κ2) is 7.69. The Morgan fingerprint density at radius 3 is 2.72 bits per heavy atom. The number of rotatable bonds is 5. The molecule has 0 radical (unpaired) electrons. The minimum atomic E-state index is 0. The SMILES string of the molecule is Cl.NCCCON=Cc1cccc2ccccc12. The Labute approximate surface area is 113 Å². The molecule has 0 aliphatic heterocycles. The summed E-state index contributed by atoms with van der Waals surface area (Å²) in [6, 6.07) is 14.3. The average Bonchev–Trinajstić information content (AvgIpc) is 2.39. The van der Waals surface area contributed by atoms with Gasteiger partial charge in [0.05, 0.1) is 6.21 Å². The van der Waals surface area contributed by atoms with Gasteiger partial charge in [0.15, 0.2) is 0 Å². The maximum atomic E-state index is 5.36. The molecule has 0 fully saturated rings. The van der Waals surface area contributed by atoms with Crippen LogP contribution in [0.25, 0.3) is 10.8 Å². The van der Waals surface area contributed by atoms with E-state index < -0.39 is 0 Å². The van der Waals surface area contributed by atoms with Crippen LogP contribution in [0.4, 0.5) is 0 Å². The lowest BCUT2D eigenvalue weighted by Crippen LogP contribution is -2.02. The molecule has 0 saturated heterocycles. The van der Waals surface area contributed by atoms with Crippen molar-refractivity contribution in [1.82, 2.24) is 0 Å². The first-order valence-electron chi connectivity index (χ1n) is 5.75. The van der Waals surface area contributed by atoms with Gasteiger partial charge in [0.2, 0.25) is 0 Å². The van der Waals surface area contributed by atoms with Crippen molar-refractivity contribution >= 4 is 29.4 Å². The fourth-order valence-electron chi connectivity index (χ4n) is 1.66. The molecule has 0 saturated carbocycles. The molecule has 0 aromatic heterocycles. The lowest BCUT2D eigenvalue weighted by molar-refractivity contribution is 0.145. The van der Waals surface area contributed by atoms with Crippen molar-refractivity contribution in [3.05, 3.63) is 48.0 Å². The molecule has 0 unspecified atom stereocenters. The minimum absolute atomic E-state index is 0. The Balaban J connectivity index is 0.00000162. The minimum Gasteiger partial charge on any atom is -0.396 e. The molecule has 4 heteroatoms. The molecule has 0 amide bonds. The van der Waals surface area contributed by atoms with Gasteiger partial charge in [0.1, 0.15) is 6.61 Å². The standard InChI is InChI=1S/C14H16N2O.ClH/c15-9-4-10-17-16-11-13-7-3-6-12-5-1-2-8-14(12)13;/h1-3,5-8,11H,4,9-10,15H2;1H. The van der Waals surface area contributed by atoms with Crippen LogP contribution in [0.5, 0.6) is 0 Å². The van der Waals surface area contributed by atoms with Crippen LogP contribution in [0.2, 0.25) is 0 Å². The zero-order chi connectivity index (χ0) is 11.9. The molecule has 2 aromatic rings. The fourth-order valence-corrected chi connectivity index (χ4v) is 1.66. The van der Waals surface area contributed by atoms with Crippen LogP contribution in [0.3, 0.4) is 0 Å². The third-order valence-electron chi connectivity index (χ3n) is 2.53. The van der Waals surface area contributed by atoms with Gasteiger partial charge in [0.25, 0.3) is 0 Å². The third-order valence-corrected chi connectivity index (χ3v) is 2.53. The molecule has 0 heterocycles. The lowest BCUT2D eigenvalue weighted by Gasteiger charge is -2.01. The number of hydrogen-bond acceptors (Lipinski definition) is 3. The second-order valence-electron chi connectivity index (χ2n) is 3.78. The quantitative estimate of drug-likeness (QED) is 0.513. The van der Waals surface area contributed by atoms with Gasteiger partial charge in [0, 0.05) is 5.56 Å². The van der Waals surface area contributed by atoms with E-state index in [1.807, 2.05) is 24.3 Å². The summed E-state index contributed by atoms with van der Waals surface area (Å²) in [6.45, 7) is 1.20. The van der Waals surface area contributed by atoms with E-state index in [4.69, 9.17) is 10.6 Å². The third kappa shape index (κ3) is 3.72. The maximum Gasteiger partial charge on any atom is 0.118 e. The molecule has 3 nitrogen and oxygen atoms in total. The van der Waals surface area contributed by atoms with Gasteiger partial charge in [-0.25, -0.2) is 0 Å². The monoisotopic (exact) mass is 264 g/mol. The van der Waals surface area contributed by atoms with Gasteiger partial charge < -0.3 is 10.6 Å². The zero-order valence-corrected chi connectivity index (χ0v) is 10.9. The Morgan fingerprint density at radius 1 is 1.11 bits per heavy atom. The van der Waals surface area contributed by atoms with Gasteiger partial charge in [-0.05, 0) is 23.7 Å². The normalized spacial score (nSPS) is 10.5. The Hall–Kier alpha value is -1.58. The number of nitrogens with zero attached hydrogens (tertiary/aromatic N) is 1. The highest BCUT2D eigenvalue weighted by Crippen LogP contribution is 2.16. The van der Waals surface area contributed by atoms with Gasteiger partial charge >= 0.3 is 0 Å². The first-order valence-corrected chi connectivity index (χ1v) is 5.75. The van der Waals surface area contributed by atoms with E-state index in [-0.39, 0.29) is 12.4 Å². The van der Waals surface area contributed by atoms with E-state index in [0.717, 1.165) is 12.0 Å². The summed E-state index contributed by atoms with van der Waals surface area (Å²) >= 11 is 0. The van der Waals surface area contributed by atoms with Crippen molar-refractivity contribution in [3.8, 4) is 0 Å². The predicted octanol–water partition coefficient (Wildman–Crippen LogP) is 2.96. The van der Waals surface area contributed by atoms with E-state index in [1.165, 1.54) is 10.8 Å². The van der Waals surface area contributed by atoms with Crippen LogP contribution in [-0.4, -0.2) is 19.4 Å². The van der Waals surface area contributed by atoms with Crippen LogP contribution in [0, 0.1) is 0 Å². The zero-order valence-electron chi connectivity index (χ0n) is 10.1. The molecule has 0 atom stereocenters. The first kappa shape index (κ1) is 14.5. The summed E-state index contributed by atoms with van der Waals surface area (Å²) in [7, 11) is 0. The molecule has 18 heavy (non-hydrogen) atoms. The number of fused-ring (bicyclic) bond motifs is 1. The summed E-state index contributed by atoms with van der Waals surface area (Å²) in [6.07, 6.45) is 2.58. The van der Waals surface area contributed by atoms with E-state index in [9.17, 15) is 0 Å². The van der Waals surface area contributed by atoms with Crippen LogP contribution < -0.4 is 5.73 Å². The largest absolute Gasteiger partial charge is 0.396 e. The highest BCUT2D eigenvalue weighted by molar-refractivity contribution is 5.99. The predicted molar refractivity (Wildman–Crippen MR) is 78.4 cm³/mol. The van der Waals surface area contributed by atoms with Crippen molar-refractivity contribution in [2.24, 2.45) is 10.9 Å². The molecular weight excluding hydrogens is 248 g/mol.